The van der Waals surface area contributed by atoms with Gasteiger partial charge in [-0.2, -0.15) is 0 Å². The Morgan fingerprint density at radius 3 is 2.71 bits per heavy atom. The molecule has 2 aromatic rings. The molecular formula is C16H26N4S. The lowest BCUT2D eigenvalue weighted by Crippen LogP contribution is -2.25. The third-order valence-electron chi connectivity index (χ3n) is 3.48. The van der Waals surface area contributed by atoms with Crippen molar-refractivity contribution in [2.45, 2.75) is 59.0 Å². The van der Waals surface area contributed by atoms with Crippen molar-refractivity contribution < 1.29 is 0 Å². The molecule has 0 fully saturated rings. The summed E-state index contributed by atoms with van der Waals surface area (Å²) >= 11 is 1.75. The van der Waals surface area contributed by atoms with E-state index in [1.54, 1.807) is 11.3 Å². The molecule has 0 saturated heterocycles. The Kier molecular flexibility index (Phi) is 5.94. The molecule has 2 aromatic heterocycles. The summed E-state index contributed by atoms with van der Waals surface area (Å²) in [6, 6.07) is 0.150. The molecule has 0 spiro atoms. The van der Waals surface area contributed by atoms with Crippen molar-refractivity contribution in [3.05, 3.63) is 34.3 Å². The summed E-state index contributed by atoms with van der Waals surface area (Å²) in [5, 5.41) is 6.95. The Morgan fingerprint density at radius 1 is 1.29 bits per heavy atom. The number of nitrogens with one attached hydrogen (secondary N) is 1. The minimum atomic E-state index is 0.150. The molecule has 1 atom stereocenters. The average molecular weight is 306 g/mol. The van der Waals surface area contributed by atoms with Crippen LogP contribution >= 0.6 is 11.3 Å². The van der Waals surface area contributed by atoms with Crippen molar-refractivity contribution in [2.75, 3.05) is 6.54 Å². The third-order valence-corrected chi connectivity index (χ3v) is 4.41. The molecule has 0 aromatic carbocycles. The Bertz CT molecular complexity index is 544. The second-order valence-corrected chi connectivity index (χ2v) is 6.55. The summed E-state index contributed by atoms with van der Waals surface area (Å²) in [6.45, 7) is 10.7. The van der Waals surface area contributed by atoms with Gasteiger partial charge in [-0.05, 0) is 25.3 Å². The fourth-order valence-electron chi connectivity index (χ4n) is 2.30. The Hall–Kier alpha value is -1.20. The van der Waals surface area contributed by atoms with Crippen LogP contribution in [0.5, 0.6) is 0 Å². The molecule has 5 heteroatoms. The second-order valence-electron chi connectivity index (χ2n) is 5.66. The second kappa shape index (κ2) is 7.71. The highest BCUT2D eigenvalue weighted by molar-refractivity contribution is 7.09. The molecule has 0 aliphatic carbocycles. The highest BCUT2D eigenvalue weighted by Gasteiger charge is 2.21. The molecule has 1 N–H and O–H groups in total. The van der Waals surface area contributed by atoms with Crippen LogP contribution < -0.4 is 5.32 Å². The van der Waals surface area contributed by atoms with E-state index in [0.29, 0.717) is 5.92 Å². The molecule has 0 aliphatic heterocycles. The largest absolute Gasteiger partial charge is 0.333 e. The number of hydrogen-bond acceptors (Lipinski definition) is 4. The van der Waals surface area contributed by atoms with Gasteiger partial charge < -0.3 is 9.88 Å². The lowest BCUT2D eigenvalue weighted by molar-refractivity contribution is 0.540. The lowest BCUT2D eigenvalue weighted by Gasteiger charge is -2.18. The minimum Gasteiger partial charge on any atom is -0.333 e. The van der Waals surface area contributed by atoms with Gasteiger partial charge >= 0.3 is 0 Å². The van der Waals surface area contributed by atoms with Gasteiger partial charge in [0.2, 0.25) is 0 Å². The van der Waals surface area contributed by atoms with Crippen molar-refractivity contribution >= 4 is 11.3 Å². The molecule has 0 bridgehead atoms. The summed E-state index contributed by atoms with van der Waals surface area (Å²) in [5.74, 6) is 0.474. The van der Waals surface area contributed by atoms with Gasteiger partial charge in [-0.1, -0.05) is 27.7 Å². The fraction of sp³-hybridized carbons (Fsp3) is 0.625. The van der Waals surface area contributed by atoms with E-state index in [1.807, 2.05) is 12.5 Å². The van der Waals surface area contributed by atoms with Crippen LogP contribution in [0.25, 0.3) is 0 Å². The van der Waals surface area contributed by atoms with E-state index >= 15 is 0 Å². The van der Waals surface area contributed by atoms with Crippen LogP contribution in [0.2, 0.25) is 0 Å². The van der Waals surface area contributed by atoms with Crippen LogP contribution in [-0.2, 0) is 6.54 Å². The Balaban J connectivity index is 2.30. The van der Waals surface area contributed by atoms with Gasteiger partial charge in [-0.25, -0.2) is 9.97 Å². The molecule has 2 heterocycles. The number of imidazole rings is 1. The molecule has 116 valence electrons. The molecule has 2 rings (SSSR count). The van der Waals surface area contributed by atoms with E-state index in [9.17, 15) is 0 Å². The van der Waals surface area contributed by atoms with E-state index in [1.165, 1.54) is 11.4 Å². The van der Waals surface area contributed by atoms with Crippen LogP contribution in [0, 0.1) is 0 Å². The molecule has 1 unspecified atom stereocenters. The highest BCUT2D eigenvalue weighted by Crippen LogP contribution is 2.27. The van der Waals surface area contributed by atoms with Crippen LogP contribution in [0.1, 0.15) is 68.9 Å². The van der Waals surface area contributed by atoms with Crippen LogP contribution in [-0.4, -0.2) is 21.1 Å². The first-order chi connectivity index (χ1) is 10.2. The van der Waals surface area contributed by atoms with E-state index in [0.717, 1.165) is 30.9 Å². The molecule has 4 nitrogen and oxygen atoms in total. The summed E-state index contributed by atoms with van der Waals surface area (Å²) in [6.07, 6.45) is 6.12. The van der Waals surface area contributed by atoms with E-state index < -0.39 is 0 Å². The number of aromatic nitrogens is 3. The van der Waals surface area contributed by atoms with E-state index in [-0.39, 0.29) is 6.04 Å². The van der Waals surface area contributed by atoms with Crippen LogP contribution in [0.4, 0.5) is 0 Å². The first-order valence-corrected chi connectivity index (χ1v) is 8.74. The predicted octanol–water partition coefficient (Wildman–Crippen LogP) is 3.96. The first kappa shape index (κ1) is 16.2. The molecule has 0 radical (unpaired) electrons. The maximum Gasteiger partial charge on any atom is 0.116 e. The predicted molar refractivity (Wildman–Crippen MR) is 88.9 cm³/mol. The summed E-state index contributed by atoms with van der Waals surface area (Å²) in [7, 11) is 0. The Labute approximate surface area is 131 Å². The average Bonchev–Trinajstić information content (AvgIpc) is 3.10. The highest BCUT2D eigenvalue weighted by atomic mass is 32.1. The summed E-state index contributed by atoms with van der Waals surface area (Å²) in [5.41, 5.74) is 2.40. The number of nitrogens with zero attached hydrogens (tertiary/aromatic N) is 3. The molecule has 0 aliphatic rings. The van der Waals surface area contributed by atoms with Crippen molar-refractivity contribution in [3.8, 4) is 0 Å². The summed E-state index contributed by atoms with van der Waals surface area (Å²) in [4.78, 5) is 9.17. The van der Waals surface area contributed by atoms with Crippen LogP contribution in [0.15, 0.2) is 17.9 Å². The smallest absolute Gasteiger partial charge is 0.116 e. The van der Waals surface area contributed by atoms with E-state index in [2.05, 4.69) is 47.9 Å². The van der Waals surface area contributed by atoms with E-state index in [4.69, 9.17) is 4.98 Å². The zero-order chi connectivity index (χ0) is 15.2. The maximum atomic E-state index is 4.84. The zero-order valence-corrected chi connectivity index (χ0v) is 14.3. The first-order valence-electron chi connectivity index (χ1n) is 7.86. The van der Waals surface area contributed by atoms with Gasteiger partial charge in [0.05, 0.1) is 23.9 Å². The molecule has 0 saturated carbocycles. The van der Waals surface area contributed by atoms with Gasteiger partial charge in [0.15, 0.2) is 0 Å². The van der Waals surface area contributed by atoms with Crippen LogP contribution in [0.3, 0.4) is 0 Å². The van der Waals surface area contributed by atoms with Gasteiger partial charge in [0, 0.05) is 11.9 Å². The fourth-order valence-corrected chi connectivity index (χ4v) is 3.37. The van der Waals surface area contributed by atoms with Gasteiger partial charge in [-0.15, -0.1) is 11.3 Å². The molecule has 21 heavy (non-hydrogen) atoms. The van der Waals surface area contributed by atoms with Crippen molar-refractivity contribution in [1.82, 2.24) is 19.9 Å². The normalized spacial score (nSPS) is 13.0. The third kappa shape index (κ3) is 3.92. The van der Waals surface area contributed by atoms with Crippen molar-refractivity contribution in [2.24, 2.45) is 0 Å². The number of rotatable bonds is 8. The van der Waals surface area contributed by atoms with Crippen molar-refractivity contribution in [3.63, 3.8) is 0 Å². The summed E-state index contributed by atoms with van der Waals surface area (Å²) < 4.78 is 2.24. The van der Waals surface area contributed by atoms with Crippen molar-refractivity contribution in [1.29, 1.82) is 0 Å². The SMILES string of the molecule is CCCNC(c1nc(C(C)C)cs1)c1cncn1CCC. The maximum absolute atomic E-state index is 4.84. The minimum absolute atomic E-state index is 0.150. The number of thiazole rings is 1. The standard InChI is InChI=1S/C16H26N4S/c1-5-7-18-15(14-9-17-11-20(14)8-6-2)16-19-13(10-21-16)12(3)4/h9-12,15,18H,5-8H2,1-4H3. The topological polar surface area (TPSA) is 42.7 Å². The quantitative estimate of drug-likeness (QED) is 0.802. The van der Waals surface area contributed by atoms with Gasteiger partial charge in [-0.3, -0.25) is 0 Å². The monoisotopic (exact) mass is 306 g/mol. The zero-order valence-electron chi connectivity index (χ0n) is 13.5. The molecule has 0 amide bonds. The van der Waals surface area contributed by atoms with Gasteiger partial charge in [0.1, 0.15) is 11.0 Å². The lowest BCUT2D eigenvalue weighted by atomic mass is 10.1. The van der Waals surface area contributed by atoms with Gasteiger partial charge in [0.25, 0.3) is 0 Å². The molecular weight excluding hydrogens is 280 g/mol. The number of aryl methyl sites for hydroxylation is 1. The Morgan fingerprint density at radius 2 is 2.10 bits per heavy atom. The number of hydrogen-bond donors (Lipinski definition) is 1.